The Kier molecular flexibility index (Phi) is 5.23. The van der Waals surface area contributed by atoms with Crippen molar-refractivity contribution in [3.05, 3.63) is 58.5 Å². The Bertz CT molecular complexity index is 914. The Morgan fingerprint density at radius 3 is 2.46 bits per heavy atom. The number of rotatable bonds is 5. The summed E-state index contributed by atoms with van der Waals surface area (Å²) < 4.78 is 26.3. The highest BCUT2D eigenvalue weighted by Crippen LogP contribution is 2.21. The summed E-state index contributed by atoms with van der Waals surface area (Å²) in [5.74, 6) is -0.531. The minimum atomic E-state index is -3.58. The van der Waals surface area contributed by atoms with Crippen LogP contribution in [0.5, 0.6) is 0 Å². The first kappa shape index (κ1) is 17.9. The normalized spacial score (nSPS) is 11.5. The maximum absolute atomic E-state index is 12.5. The minimum absolute atomic E-state index is 0.00122. The molecular formula is C17H20N2O4S. The predicted molar refractivity (Wildman–Crippen MR) is 93.1 cm³/mol. The average Bonchev–Trinajstić information content (AvgIpc) is 2.56. The van der Waals surface area contributed by atoms with Crippen molar-refractivity contribution in [1.82, 2.24) is 4.57 Å². The average molecular weight is 348 g/mol. The lowest BCUT2D eigenvalue weighted by Crippen LogP contribution is -2.22. The third-order valence-electron chi connectivity index (χ3n) is 3.64. The molecular weight excluding hydrogens is 328 g/mol. The molecule has 0 aliphatic carbocycles. The van der Waals surface area contributed by atoms with Crippen LogP contribution in [-0.4, -0.2) is 24.1 Å². The SMILES string of the molecule is CCn1cc(NC(=O)c2ccccc2S(=O)(=O)C(C)C)ccc1=O. The maximum Gasteiger partial charge on any atom is 0.257 e. The number of amides is 1. The summed E-state index contributed by atoms with van der Waals surface area (Å²) in [6.45, 7) is 5.43. The Balaban J connectivity index is 2.40. The number of hydrogen-bond donors (Lipinski definition) is 1. The Hall–Kier alpha value is -2.41. The van der Waals surface area contributed by atoms with Gasteiger partial charge in [-0.05, 0) is 39.0 Å². The van der Waals surface area contributed by atoms with Crippen LogP contribution in [0, 0.1) is 0 Å². The van der Waals surface area contributed by atoms with Crippen LogP contribution < -0.4 is 10.9 Å². The van der Waals surface area contributed by atoms with E-state index in [-0.39, 0.29) is 16.0 Å². The number of benzene rings is 1. The number of nitrogens with one attached hydrogen (secondary N) is 1. The van der Waals surface area contributed by atoms with Gasteiger partial charge in [0.15, 0.2) is 9.84 Å². The molecule has 1 aromatic carbocycles. The van der Waals surface area contributed by atoms with Crippen molar-refractivity contribution in [1.29, 1.82) is 0 Å². The van der Waals surface area contributed by atoms with Gasteiger partial charge in [-0.1, -0.05) is 12.1 Å². The zero-order valence-corrected chi connectivity index (χ0v) is 14.6. The molecule has 2 rings (SSSR count). The highest BCUT2D eigenvalue weighted by atomic mass is 32.2. The molecule has 24 heavy (non-hydrogen) atoms. The molecule has 0 fully saturated rings. The molecule has 1 heterocycles. The second-order valence-corrected chi connectivity index (χ2v) is 8.06. The second-order valence-electron chi connectivity index (χ2n) is 5.59. The molecule has 0 bridgehead atoms. The van der Waals surface area contributed by atoms with E-state index in [0.29, 0.717) is 12.2 Å². The quantitative estimate of drug-likeness (QED) is 0.898. The number of aromatic nitrogens is 1. The van der Waals surface area contributed by atoms with Crippen molar-refractivity contribution in [3.63, 3.8) is 0 Å². The van der Waals surface area contributed by atoms with Crippen LogP contribution in [0.1, 0.15) is 31.1 Å². The highest BCUT2D eigenvalue weighted by molar-refractivity contribution is 7.92. The van der Waals surface area contributed by atoms with Gasteiger partial charge in [-0.2, -0.15) is 0 Å². The van der Waals surface area contributed by atoms with Gasteiger partial charge in [0.05, 0.1) is 21.4 Å². The molecule has 0 aliphatic rings. The van der Waals surface area contributed by atoms with E-state index in [1.54, 1.807) is 26.0 Å². The molecule has 2 aromatic rings. The molecule has 0 spiro atoms. The summed E-state index contributed by atoms with van der Waals surface area (Å²) in [6, 6.07) is 8.95. The highest BCUT2D eigenvalue weighted by Gasteiger charge is 2.25. The van der Waals surface area contributed by atoms with Gasteiger partial charge in [0.1, 0.15) is 0 Å². The largest absolute Gasteiger partial charge is 0.321 e. The zero-order valence-electron chi connectivity index (χ0n) is 13.8. The standard InChI is InChI=1S/C17H20N2O4S/c1-4-19-11-13(9-10-16(19)20)18-17(21)14-7-5-6-8-15(14)24(22,23)12(2)3/h5-12H,4H2,1-3H3,(H,18,21). The number of pyridine rings is 1. The third kappa shape index (κ3) is 3.56. The molecule has 0 saturated carbocycles. The van der Waals surface area contributed by atoms with Crippen molar-refractivity contribution < 1.29 is 13.2 Å². The molecule has 0 radical (unpaired) electrons. The van der Waals surface area contributed by atoms with Gasteiger partial charge in [-0.15, -0.1) is 0 Å². The lowest BCUT2D eigenvalue weighted by molar-refractivity contribution is 0.102. The molecule has 0 aliphatic heterocycles. The summed E-state index contributed by atoms with van der Waals surface area (Å²) in [4.78, 5) is 24.1. The maximum atomic E-state index is 12.5. The third-order valence-corrected chi connectivity index (χ3v) is 5.85. The Labute approximate surface area is 141 Å². The Morgan fingerprint density at radius 1 is 1.17 bits per heavy atom. The van der Waals surface area contributed by atoms with E-state index < -0.39 is 21.0 Å². The van der Waals surface area contributed by atoms with Crippen molar-refractivity contribution in [2.75, 3.05) is 5.32 Å². The minimum Gasteiger partial charge on any atom is -0.321 e. The molecule has 7 heteroatoms. The van der Waals surface area contributed by atoms with Crippen LogP contribution in [-0.2, 0) is 16.4 Å². The molecule has 128 valence electrons. The first-order valence-electron chi connectivity index (χ1n) is 7.62. The van der Waals surface area contributed by atoms with Gasteiger partial charge in [0.2, 0.25) is 0 Å². The van der Waals surface area contributed by atoms with Gasteiger partial charge < -0.3 is 9.88 Å². The first-order chi connectivity index (χ1) is 11.3. The van der Waals surface area contributed by atoms with E-state index in [1.807, 2.05) is 6.92 Å². The fraction of sp³-hybridized carbons (Fsp3) is 0.294. The molecule has 1 N–H and O–H groups in total. The van der Waals surface area contributed by atoms with E-state index in [2.05, 4.69) is 5.32 Å². The summed E-state index contributed by atoms with van der Waals surface area (Å²) in [6.07, 6.45) is 1.53. The summed E-state index contributed by atoms with van der Waals surface area (Å²) in [7, 11) is -3.58. The number of nitrogens with zero attached hydrogens (tertiary/aromatic N) is 1. The number of sulfone groups is 1. The van der Waals surface area contributed by atoms with Crippen LogP contribution in [0.25, 0.3) is 0 Å². The van der Waals surface area contributed by atoms with Crippen LogP contribution in [0.4, 0.5) is 5.69 Å². The monoisotopic (exact) mass is 348 g/mol. The number of anilines is 1. The fourth-order valence-corrected chi connectivity index (χ4v) is 3.45. The number of hydrogen-bond acceptors (Lipinski definition) is 4. The molecule has 1 amide bonds. The van der Waals surface area contributed by atoms with Gasteiger partial charge in [-0.3, -0.25) is 9.59 Å². The molecule has 0 unspecified atom stereocenters. The summed E-state index contributed by atoms with van der Waals surface area (Å²) in [5.41, 5.74) is 0.344. The van der Waals surface area contributed by atoms with Crippen LogP contribution >= 0.6 is 0 Å². The predicted octanol–water partition coefficient (Wildman–Crippen LogP) is 2.30. The van der Waals surface area contributed by atoms with E-state index in [0.717, 1.165) is 0 Å². The van der Waals surface area contributed by atoms with E-state index in [9.17, 15) is 18.0 Å². The lowest BCUT2D eigenvalue weighted by Gasteiger charge is -2.13. The smallest absolute Gasteiger partial charge is 0.257 e. The van der Waals surface area contributed by atoms with Crippen LogP contribution in [0.15, 0.2) is 52.3 Å². The van der Waals surface area contributed by atoms with Crippen molar-refractivity contribution >= 4 is 21.4 Å². The van der Waals surface area contributed by atoms with Gasteiger partial charge in [-0.25, -0.2) is 8.42 Å². The lowest BCUT2D eigenvalue weighted by atomic mass is 10.2. The first-order valence-corrected chi connectivity index (χ1v) is 9.16. The fourth-order valence-electron chi connectivity index (χ4n) is 2.21. The van der Waals surface area contributed by atoms with Crippen molar-refractivity contribution in [3.8, 4) is 0 Å². The van der Waals surface area contributed by atoms with Crippen LogP contribution in [0.3, 0.4) is 0 Å². The molecule has 0 atom stereocenters. The Morgan fingerprint density at radius 2 is 1.83 bits per heavy atom. The van der Waals surface area contributed by atoms with E-state index in [1.165, 1.54) is 35.0 Å². The van der Waals surface area contributed by atoms with Crippen molar-refractivity contribution in [2.45, 2.75) is 37.5 Å². The summed E-state index contributed by atoms with van der Waals surface area (Å²) >= 11 is 0. The number of carbonyl (C=O) groups excluding carboxylic acids is 1. The second kappa shape index (κ2) is 7.00. The molecule has 1 aromatic heterocycles. The van der Waals surface area contributed by atoms with E-state index in [4.69, 9.17) is 0 Å². The van der Waals surface area contributed by atoms with Gasteiger partial charge >= 0.3 is 0 Å². The van der Waals surface area contributed by atoms with Gasteiger partial charge in [0, 0.05) is 18.8 Å². The topological polar surface area (TPSA) is 85.2 Å². The molecule has 0 saturated heterocycles. The van der Waals surface area contributed by atoms with Crippen LogP contribution in [0.2, 0.25) is 0 Å². The van der Waals surface area contributed by atoms with Crippen molar-refractivity contribution in [2.24, 2.45) is 0 Å². The zero-order chi connectivity index (χ0) is 17.9. The van der Waals surface area contributed by atoms with Gasteiger partial charge in [0.25, 0.3) is 11.5 Å². The number of aryl methyl sites for hydroxylation is 1. The summed E-state index contributed by atoms with van der Waals surface area (Å²) in [5, 5.41) is 2.02. The molecule has 6 nitrogen and oxygen atoms in total. The number of carbonyl (C=O) groups is 1. The van der Waals surface area contributed by atoms with E-state index >= 15 is 0 Å².